The molecule has 3 heteroatoms. The third-order valence-electron chi connectivity index (χ3n) is 2.14. The van der Waals surface area contributed by atoms with Gasteiger partial charge in [0.25, 0.3) is 0 Å². The van der Waals surface area contributed by atoms with Crippen LogP contribution in [0, 0.1) is 6.92 Å². The molecule has 0 spiro atoms. The monoisotopic (exact) mass is 201 g/mol. The zero-order valence-electron chi connectivity index (χ0n) is 8.43. The lowest BCUT2D eigenvalue weighted by atomic mass is 10.2. The minimum atomic E-state index is -0.132. The van der Waals surface area contributed by atoms with E-state index < -0.39 is 0 Å². The fourth-order valence-electron chi connectivity index (χ4n) is 1.29. The van der Waals surface area contributed by atoms with Gasteiger partial charge in [0.05, 0.1) is 12.6 Å². The van der Waals surface area contributed by atoms with E-state index in [1.54, 1.807) is 6.08 Å². The molecule has 76 valence electrons. The molecule has 0 saturated heterocycles. The first-order valence-electron chi connectivity index (χ1n) is 4.76. The summed E-state index contributed by atoms with van der Waals surface area (Å²) in [6, 6.07) is 7.73. The van der Waals surface area contributed by atoms with Gasteiger partial charge < -0.3 is 4.74 Å². The summed E-state index contributed by atoms with van der Waals surface area (Å²) in [5.41, 5.74) is 1.06. The van der Waals surface area contributed by atoms with E-state index >= 15 is 0 Å². The largest absolute Gasteiger partial charge is 0.456 e. The van der Waals surface area contributed by atoms with Gasteiger partial charge in [0.2, 0.25) is 5.91 Å². The molecule has 1 aliphatic heterocycles. The molecule has 0 aliphatic carbocycles. The normalized spacial score (nSPS) is 15.0. The summed E-state index contributed by atoms with van der Waals surface area (Å²) in [5.74, 6) is 1.29. The van der Waals surface area contributed by atoms with Gasteiger partial charge in [-0.05, 0) is 24.6 Å². The topological polar surface area (TPSA) is 38.7 Å². The van der Waals surface area contributed by atoms with Crippen LogP contribution in [0.3, 0.4) is 0 Å². The number of carbonyl (C=O) groups is 1. The number of hydrogen-bond donors (Lipinski definition) is 0. The summed E-state index contributed by atoms with van der Waals surface area (Å²) in [5, 5.41) is 0. The van der Waals surface area contributed by atoms with Crippen LogP contribution in [0.15, 0.2) is 41.1 Å². The highest BCUT2D eigenvalue weighted by Crippen LogP contribution is 2.19. The molecule has 0 unspecified atom stereocenters. The third-order valence-corrected chi connectivity index (χ3v) is 2.14. The van der Waals surface area contributed by atoms with Gasteiger partial charge in [0.1, 0.15) is 11.5 Å². The van der Waals surface area contributed by atoms with Crippen LogP contribution in [0.25, 0.3) is 0 Å². The second kappa shape index (κ2) is 4.09. The standard InChI is InChI=1S/C12H11NO2/c1-9-4-2-3-5-11(9)15-10-6-7-12(14)13-8-10/h2-6,8H,7H2,1H3. The van der Waals surface area contributed by atoms with Crippen LogP contribution in [0.4, 0.5) is 0 Å². The molecule has 1 aromatic carbocycles. The first kappa shape index (κ1) is 9.65. The highest BCUT2D eigenvalue weighted by atomic mass is 16.5. The quantitative estimate of drug-likeness (QED) is 0.736. The Labute approximate surface area is 88.1 Å². The van der Waals surface area contributed by atoms with Crippen molar-refractivity contribution in [1.82, 2.24) is 0 Å². The molecule has 0 aromatic heterocycles. The van der Waals surface area contributed by atoms with Crippen molar-refractivity contribution >= 4 is 12.1 Å². The first-order valence-corrected chi connectivity index (χ1v) is 4.76. The lowest BCUT2D eigenvalue weighted by Crippen LogP contribution is -2.06. The number of allylic oxidation sites excluding steroid dienone is 1. The average Bonchev–Trinajstić information content (AvgIpc) is 2.25. The first-order chi connectivity index (χ1) is 7.25. The van der Waals surface area contributed by atoms with Gasteiger partial charge in [-0.1, -0.05) is 18.2 Å². The van der Waals surface area contributed by atoms with Crippen molar-refractivity contribution < 1.29 is 9.53 Å². The molecule has 1 aromatic rings. The van der Waals surface area contributed by atoms with E-state index in [9.17, 15) is 4.79 Å². The number of para-hydroxylation sites is 1. The molecule has 3 nitrogen and oxygen atoms in total. The van der Waals surface area contributed by atoms with Gasteiger partial charge in [-0.25, -0.2) is 4.99 Å². The minimum absolute atomic E-state index is 0.132. The van der Waals surface area contributed by atoms with Crippen LogP contribution in [0.5, 0.6) is 5.75 Å². The third kappa shape index (κ3) is 2.31. The molecule has 0 N–H and O–H groups in total. The van der Waals surface area contributed by atoms with Crippen molar-refractivity contribution in [2.45, 2.75) is 13.3 Å². The fourth-order valence-corrected chi connectivity index (χ4v) is 1.29. The lowest BCUT2D eigenvalue weighted by Gasteiger charge is -2.10. The minimum Gasteiger partial charge on any atom is -0.456 e. The highest BCUT2D eigenvalue weighted by Gasteiger charge is 2.07. The number of hydrogen-bond acceptors (Lipinski definition) is 2. The molecule has 0 bridgehead atoms. The molecule has 0 fully saturated rings. The van der Waals surface area contributed by atoms with E-state index in [2.05, 4.69) is 4.99 Å². The van der Waals surface area contributed by atoms with Gasteiger partial charge in [-0.3, -0.25) is 4.79 Å². The Bertz CT molecular complexity index is 447. The summed E-state index contributed by atoms with van der Waals surface area (Å²) in [6.45, 7) is 1.97. The second-order valence-electron chi connectivity index (χ2n) is 3.33. The van der Waals surface area contributed by atoms with Crippen LogP contribution >= 0.6 is 0 Å². The smallest absolute Gasteiger partial charge is 0.249 e. The van der Waals surface area contributed by atoms with Crippen LogP contribution in [0.1, 0.15) is 12.0 Å². The van der Waals surface area contributed by atoms with Crippen LogP contribution in [0.2, 0.25) is 0 Å². The summed E-state index contributed by atoms with van der Waals surface area (Å²) < 4.78 is 5.59. The molecule has 1 heterocycles. The van der Waals surface area contributed by atoms with Gasteiger partial charge in [0, 0.05) is 0 Å². The summed E-state index contributed by atoms with van der Waals surface area (Å²) in [7, 11) is 0. The van der Waals surface area contributed by atoms with E-state index in [0.29, 0.717) is 12.2 Å². The number of rotatable bonds is 2. The zero-order chi connectivity index (χ0) is 10.7. The predicted molar refractivity (Wildman–Crippen MR) is 58.0 cm³/mol. The van der Waals surface area contributed by atoms with E-state index in [1.807, 2.05) is 31.2 Å². The Morgan fingerprint density at radius 3 is 2.80 bits per heavy atom. The zero-order valence-corrected chi connectivity index (χ0v) is 8.43. The van der Waals surface area contributed by atoms with Crippen LogP contribution < -0.4 is 4.74 Å². The van der Waals surface area contributed by atoms with Gasteiger partial charge >= 0.3 is 0 Å². The number of aliphatic imine (C=N–C) groups is 1. The Hall–Kier alpha value is -1.90. The van der Waals surface area contributed by atoms with Crippen molar-refractivity contribution in [2.75, 3.05) is 0 Å². The molecule has 15 heavy (non-hydrogen) atoms. The van der Waals surface area contributed by atoms with Crippen molar-refractivity contribution in [2.24, 2.45) is 4.99 Å². The van der Waals surface area contributed by atoms with Crippen molar-refractivity contribution in [3.05, 3.63) is 41.7 Å². The van der Waals surface area contributed by atoms with E-state index in [-0.39, 0.29) is 5.91 Å². The number of carbonyl (C=O) groups excluding carboxylic acids is 1. The van der Waals surface area contributed by atoms with Crippen molar-refractivity contribution in [3.63, 3.8) is 0 Å². The Morgan fingerprint density at radius 1 is 1.33 bits per heavy atom. The Kier molecular flexibility index (Phi) is 2.63. The van der Waals surface area contributed by atoms with Crippen LogP contribution in [-0.2, 0) is 4.79 Å². The number of aryl methyl sites for hydroxylation is 1. The van der Waals surface area contributed by atoms with E-state index in [0.717, 1.165) is 11.3 Å². The number of ether oxygens (including phenoxy) is 1. The van der Waals surface area contributed by atoms with E-state index in [1.165, 1.54) is 6.21 Å². The SMILES string of the molecule is Cc1ccccc1OC1=CCC(=O)N=C1. The number of benzene rings is 1. The molecule has 0 saturated carbocycles. The average molecular weight is 201 g/mol. The molecule has 1 aliphatic rings. The van der Waals surface area contributed by atoms with Crippen molar-refractivity contribution in [3.8, 4) is 5.75 Å². The predicted octanol–water partition coefficient (Wildman–Crippen LogP) is 2.26. The molecular formula is C12H11NO2. The maximum absolute atomic E-state index is 10.8. The van der Waals surface area contributed by atoms with Gasteiger partial charge in [-0.15, -0.1) is 0 Å². The summed E-state index contributed by atoms with van der Waals surface area (Å²) in [6.07, 6.45) is 3.51. The Morgan fingerprint density at radius 2 is 2.13 bits per heavy atom. The number of dihydropyridines is 1. The maximum atomic E-state index is 10.8. The lowest BCUT2D eigenvalue weighted by molar-refractivity contribution is -0.117. The number of nitrogens with zero attached hydrogens (tertiary/aromatic N) is 1. The summed E-state index contributed by atoms with van der Waals surface area (Å²) in [4.78, 5) is 14.5. The van der Waals surface area contributed by atoms with Gasteiger partial charge in [-0.2, -0.15) is 0 Å². The van der Waals surface area contributed by atoms with Gasteiger partial charge in [0.15, 0.2) is 0 Å². The second-order valence-corrected chi connectivity index (χ2v) is 3.33. The number of amides is 1. The maximum Gasteiger partial charge on any atom is 0.249 e. The fraction of sp³-hybridized carbons (Fsp3) is 0.167. The highest BCUT2D eigenvalue weighted by molar-refractivity contribution is 5.94. The summed E-state index contributed by atoms with van der Waals surface area (Å²) >= 11 is 0. The van der Waals surface area contributed by atoms with E-state index in [4.69, 9.17) is 4.74 Å². The molecule has 0 radical (unpaired) electrons. The van der Waals surface area contributed by atoms with Crippen LogP contribution in [-0.4, -0.2) is 12.1 Å². The molecule has 0 atom stereocenters. The Balaban J connectivity index is 2.14. The molecular weight excluding hydrogens is 190 g/mol. The molecule has 1 amide bonds. The molecule has 2 rings (SSSR count). The van der Waals surface area contributed by atoms with Crippen molar-refractivity contribution in [1.29, 1.82) is 0 Å².